The standard InChI is InChI=1S/C12H13N3O2/c1-9(17-2)12(16)11-8-13-14-15(11)10-6-4-3-5-7-10/h3-9H,1-2H3. The minimum absolute atomic E-state index is 0.138. The number of para-hydroxylation sites is 1. The van der Waals surface area contributed by atoms with Gasteiger partial charge in [0.15, 0.2) is 0 Å². The zero-order chi connectivity index (χ0) is 12.3. The van der Waals surface area contributed by atoms with Gasteiger partial charge in [-0.3, -0.25) is 4.79 Å². The van der Waals surface area contributed by atoms with Gasteiger partial charge in [0.25, 0.3) is 0 Å². The Morgan fingerprint density at radius 1 is 1.35 bits per heavy atom. The molecule has 0 N–H and O–H groups in total. The second-order valence-corrected chi connectivity index (χ2v) is 3.61. The van der Waals surface area contributed by atoms with Gasteiger partial charge in [0.05, 0.1) is 11.9 Å². The lowest BCUT2D eigenvalue weighted by molar-refractivity contribution is 0.0647. The molecule has 0 bridgehead atoms. The summed E-state index contributed by atoms with van der Waals surface area (Å²) in [5.74, 6) is -0.138. The van der Waals surface area contributed by atoms with E-state index in [-0.39, 0.29) is 5.78 Å². The van der Waals surface area contributed by atoms with Crippen LogP contribution >= 0.6 is 0 Å². The molecule has 0 fully saturated rings. The summed E-state index contributed by atoms with van der Waals surface area (Å²) in [6, 6.07) is 9.39. The van der Waals surface area contributed by atoms with Crippen LogP contribution in [0, 0.1) is 0 Å². The topological polar surface area (TPSA) is 57.0 Å². The van der Waals surface area contributed by atoms with Gasteiger partial charge in [-0.2, -0.15) is 0 Å². The summed E-state index contributed by atoms with van der Waals surface area (Å²) in [5, 5.41) is 7.69. The number of hydrogen-bond donors (Lipinski definition) is 0. The molecule has 1 unspecified atom stereocenters. The lowest BCUT2D eigenvalue weighted by Crippen LogP contribution is -2.22. The normalized spacial score (nSPS) is 12.4. The molecule has 17 heavy (non-hydrogen) atoms. The van der Waals surface area contributed by atoms with Crippen molar-refractivity contribution in [1.29, 1.82) is 0 Å². The second-order valence-electron chi connectivity index (χ2n) is 3.61. The number of carbonyl (C=O) groups is 1. The molecule has 0 aliphatic carbocycles. The van der Waals surface area contributed by atoms with Crippen molar-refractivity contribution in [3.05, 3.63) is 42.2 Å². The van der Waals surface area contributed by atoms with Crippen molar-refractivity contribution in [2.45, 2.75) is 13.0 Å². The Balaban J connectivity index is 2.39. The molecule has 2 aromatic rings. The number of methoxy groups -OCH3 is 1. The molecule has 1 atom stereocenters. The average molecular weight is 231 g/mol. The monoisotopic (exact) mass is 231 g/mol. The fourth-order valence-corrected chi connectivity index (χ4v) is 1.48. The third-order valence-corrected chi connectivity index (χ3v) is 2.53. The molecule has 0 spiro atoms. The van der Waals surface area contributed by atoms with Crippen molar-refractivity contribution in [2.24, 2.45) is 0 Å². The van der Waals surface area contributed by atoms with Crippen molar-refractivity contribution in [3.8, 4) is 5.69 Å². The van der Waals surface area contributed by atoms with Crippen molar-refractivity contribution >= 4 is 5.78 Å². The first kappa shape index (κ1) is 11.5. The molecule has 0 aliphatic rings. The minimum Gasteiger partial charge on any atom is -0.374 e. The van der Waals surface area contributed by atoms with Crippen LogP contribution in [0.25, 0.3) is 5.69 Å². The Morgan fingerprint density at radius 3 is 2.71 bits per heavy atom. The van der Waals surface area contributed by atoms with Crippen LogP contribution in [-0.4, -0.2) is 34.0 Å². The van der Waals surface area contributed by atoms with Crippen LogP contribution in [0.3, 0.4) is 0 Å². The Morgan fingerprint density at radius 2 is 2.06 bits per heavy atom. The first-order valence-electron chi connectivity index (χ1n) is 5.27. The second kappa shape index (κ2) is 4.88. The number of benzene rings is 1. The third kappa shape index (κ3) is 2.24. The predicted molar refractivity (Wildman–Crippen MR) is 62.2 cm³/mol. The van der Waals surface area contributed by atoms with Crippen LogP contribution in [0.4, 0.5) is 0 Å². The molecule has 88 valence electrons. The number of aromatic nitrogens is 3. The van der Waals surface area contributed by atoms with E-state index in [0.29, 0.717) is 5.69 Å². The molecule has 1 heterocycles. The number of Topliss-reactive ketones (excluding diaryl/α,β-unsaturated/α-hetero) is 1. The molecule has 0 saturated heterocycles. The van der Waals surface area contributed by atoms with Crippen molar-refractivity contribution in [2.75, 3.05) is 7.11 Å². The quantitative estimate of drug-likeness (QED) is 0.748. The molecular formula is C12H13N3O2. The summed E-state index contributed by atoms with van der Waals surface area (Å²) in [6.45, 7) is 1.70. The largest absolute Gasteiger partial charge is 0.374 e. The number of ketones is 1. The van der Waals surface area contributed by atoms with Gasteiger partial charge in [-0.25, -0.2) is 4.68 Å². The maximum atomic E-state index is 12.0. The fourth-order valence-electron chi connectivity index (χ4n) is 1.48. The van der Waals surface area contributed by atoms with E-state index in [1.54, 1.807) is 6.92 Å². The number of carbonyl (C=O) groups excluding carboxylic acids is 1. The highest BCUT2D eigenvalue weighted by Crippen LogP contribution is 2.11. The molecule has 5 heteroatoms. The van der Waals surface area contributed by atoms with Crippen LogP contribution in [-0.2, 0) is 4.74 Å². The van der Waals surface area contributed by atoms with Gasteiger partial charge in [-0.15, -0.1) is 5.10 Å². The first-order valence-corrected chi connectivity index (χ1v) is 5.27. The fraction of sp³-hybridized carbons (Fsp3) is 0.250. The van der Waals surface area contributed by atoms with E-state index in [9.17, 15) is 4.79 Å². The third-order valence-electron chi connectivity index (χ3n) is 2.53. The summed E-state index contributed by atoms with van der Waals surface area (Å²) in [7, 11) is 1.50. The van der Waals surface area contributed by atoms with Gasteiger partial charge in [0.1, 0.15) is 11.8 Å². The van der Waals surface area contributed by atoms with Crippen molar-refractivity contribution in [3.63, 3.8) is 0 Å². The molecule has 2 rings (SSSR count). The molecule has 0 amide bonds. The Labute approximate surface area is 99.0 Å². The first-order chi connectivity index (χ1) is 8.24. The molecule has 5 nitrogen and oxygen atoms in total. The highest BCUT2D eigenvalue weighted by Gasteiger charge is 2.20. The maximum Gasteiger partial charge on any atom is 0.211 e. The Bertz CT molecular complexity index is 507. The van der Waals surface area contributed by atoms with Crippen molar-refractivity contribution in [1.82, 2.24) is 15.0 Å². The number of rotatable bonds is 4. The van der Waals surface area contributed by atoms with E-state index in [2.05, 4.69) is 10.3 Å². The summed E-state index contributed by atoms with van der Waals surface area (Å²) in [4.78, 5) is 12.0. The van der Waals surface area contributed by atoms with Gasteiger partial charge in [0.2, 0.25) is 5.78 Å². The van der Waals surface area contributed by atoms with Crippen LogP contribution < -0.4 is 0 Å². The van der Waals surface area contributed by atoms with Crippen LogP contribution in [0.5, 0.6) is 0 Å². The predicted octanol–water partition coefficient (Wildman–Crippen LogP) is 1.48. The average Bonchev–Trinajstić information content (AvgIpc) is 2.87. The van der Waals surface area contributed by atoms with Crippen LogP contribution in [0.2, 0.25) is 0 Å². The molecule has 0 saturated carbocycles. The van der Waals surface area contributed by atoms with Gasteiger partial charge in [-0.1, -0.05) is 23.4 Å². The SMILES string of the molecule is COC(C)C(=O)c1cnnn1-c1ccccc1. The molecule has 0 aliphatic heterocycles. The lowest BCUT2D eigenvalue weighted by atomic mass is 10.2. The molecule has 1 aromatic heterocycles. The van der Waals surface area contributed by atoms with E-state index in [0.717, 1.165) is 5.69 Å². The van der Waals surface area contributed by atoms with E-state index in [1.807, 2.05) is 30.3 Å². The van der Waals surface area contributed by atoms with Crippen LogP contribution in [0.15, 0.2) is 36.5 Å². The van der Waals surface area contributed by atoms with Gasteiger partial charge in [0, 0.05) is 7.11 Å². The maximum absolute atomic E-state index is 12.0. The van der Waals surface area contributed by atoms with E-state index >= 15 is 0 Å². The zero-order valence-corrected chi connectivity index (χ0v) is 9.70. The smallest absolute Gasteiger partial charge is 0.211 e. The van der Waals surface area contributed by atoms with E-state index in [4.69, 9.17) is 4.74 Å². The number of ether oxygens (including phenoxy) is 1. The van der Waals surface area contributed by atoms with Gasteiger partial charge in [-0.05, 0) is 19.1 Å². The number of nitrogens with zero attached hydrogens (tertiary/aromatic N) is 3. The minimum atomic E-state index is -0.504. The van der Waals surface area contributed by atoms with Gasteiger partial charge < -0.3 is 4.74 Å². The Hall–Kier alpha value is -2.01. The molecule has 0 radical (unpaired) electrons. The van der Waals surface area contributed by atoms with E-state index in [1.165, 1.54) is 18.0 Å². The zero-order valence-electron chi connectivity index (χ0n) is 9.70. The van der Waals surface area contributed by atoms with Crippen LogP contribution in [0.1, 0.15) is 17.4 Å². The highest BCUT2D eigenvalue weighted by molar-refractivity contribution is 5.97. The van der Waals surface area contributed by atoms with Crippen molar-refractivity contribution < 1.29 is 9.53 Å². The summed E-state index contributed by atoms with van der Waals surface area (Å²) in [5.41, 5.74) is 1.22. The molecular weight excluding hydrogens is 218 g/mol. The van der Waals surface area contributed by atoms with Gasteiger partial charge >= 0.3 is 0 Å². The molecule has 1 aromatic carbocycles. The Kier molecular flexibility index (Phi) is 3.30. The lowest BCUT2D eigenvalue weighted by Gasteiger charge is -2.09. The summed E-state index contributed by atoms with van der Waals surface area (Å²) < 4.78 is 6.52. The summed E-state index contributed by atoms with van der Waals surface area (Å²) in [6.07, 6.45) is 0.946. The number of hydrogen-bond acceptors (Lipinski definition) is 4. The van der Waals surface area contributed by atoms with E-state index < -0.39 is 6.10 Å². The highest BCUT2D eigenvalue weighted by atomic mass is 16.5. The summed E-state index contributed by atoms with van der Waals surface area (Å²) >= 11 is 0.